The van der Waals surface area contributed by atoms with E-state index >= 15 is 0 Å². The van der Waals surface area contributed by atoms with Crippen LogP contribution in [0.25, 0.3) is 22.1 Å². The normalized spacial score (nSPS) is 11.0. The SMILES string of the molecule is N#Cc1cc(C(=O)c2ccc(-n3ccnc3)cc2)n2c1ccc1ccccc12. The molecular weight excluding hydrogens is 348 g/mol. The summed E-state index contributed by atoms with van der Waals surface area (Å²) in [5.41, 5.74) is 4.11. The average Bonchev–Trinajstić information content (AvgIpc) is 3.41. The molecule has 28 heavy (non-hydrogen) atoms. The Morgan fingerprint density at radius 1 is 0.964 bits per heavy atom. The second-order valence-electron chi connectivity index (χ2n) is 6.51. The number of hydrogen-bond acceptors (Lipinski definition) is 3. The number of rotatable bonds is 3. The minimum atomic E-state index is -0.120. The first-order valence-electron chi connectivity index (χ1n) is 8.83. The molecule has 0 fully saturated rings. The highest BCUT2D eigenvalue weighted by molar-refractivity contribution is 6.10. The Labute approximate surface area is 160 Å². The van der Waals surface area contributed by atoms with Gasteiger partial charge in [-0.1, -0.05) is 24.3 Å². The van der Waals surface area contributed by atoms with E-state index in [1.54, 1.807) is 30.7 Å². The molecule has 0 aliphatic rings. The molecule has 132 valence electrons. The van der Waals surface area contributed by atoms with Crippen LogP contribution < -0.4 is 0 Å². The number of carbonyl (C=O) groups is 1. The number of nitriles is 1. The van der Waals surface area contributed by atoms with Gasteiger partial charge >= 0.3 is 0 Å². The molecule has 0 bridgehead atoms. The molecule has 0 amide bonds. The van der Waals surface area contributed by atoms with Crippen molar-refractivity contribution < 1.29 is 4.79 Å². The molecule has 0 saturated heterocycles. The van der Waals surface area contributed by atoms with Crippen molar-refractivity contribution in [2.75, 3.05) is 0 Å². The van der Waals surface area contributed by atoms with Crippen molar-refractivity contribution in [1.82, 2.24) is 14.0 Å². The van der Waals surface area contributed by atoms with E-state index in [2.05, 4.69) is 11.1 Å². The highest BCUT2D eigenvalue weighted by atomic mass is 16.1. The summed E-state index contributed by atoms with van der Waals surface area (Å²) in [6.07, 6.45) is 5.27. The lowest BCUT2D eigenvalue weighted by molar-refractivity contribution is 0.103. The summed E-state index contributed by atoms with van der Waals surface area (Å²) >= 11 is 0. The molecule has 5 aromatic rings. The molecule has 0 unspecified atom stereocenters. The van der Waals surface area contributed by atoms with Crippen LogP contribution in [0.4, 0.5) is 0 Å². The Morgan fingerprint density at radius 3 is 2.54 bits per heavy atom. The van der Waals surface area contributed by atoms with Gasteiger partial charge in [0, 0.05) is 23.6 Å². The average molecular weight is 362 g/mol. The largest absolute Gasteiger partial charge is 0.306 e. The second-order valence-corrected chi connectivity index (χ2v) is 6.51. The Morgan fingerprint density at radius 2 is 1.79 bits per heavy atom. The zero-order chi connectivity index (χ0) is 19.1. The predicted octanol–water partition coefficient (Wildman–Crippen LogP) is 4.38. The molecule has 2 aromatic carbocycles. The van der Waals surface area contributed by atoms with E-state index in [-0.39, 0.29) is 5.78 Å². The van der Waals surface area contributed by atoms with Crippen molar-refractivity contribution in [3.8, 4) is 11.8 Å². The molecular formula is C23H14N4O. The van der Waals surface area contributed by atoms with Gasteiger partial charge in [-0.3, -0.25) is 4.79 Å². The topological polar surface area (TPSA) is 63.1 Å². The van der Waals surface area contributed by atoms with E-state index in [4.69, 9.17) is 0 Å². The summed E-state index contributed by atoms with van der Waals surface area (Å²) in [6, 6.07) is 23.0. The summed E-state index contributed by atoms with van der Waals surface area (Å²) in [6.45, 7) is 0. The zero-order valence-corrected chi connectivity index (χ0v) is 14.8. The fraction of sp³-hybridized carbons (Fsp3) is 0. The first-order valence-corrected chi connectivity index (χ1v) is 8.83. The number of pyridine rings is 1. The fourth-order valence-electron chi connectivity index (χ4n) is 3.55. The Bertz CT molecular complexity index is 1370. The lowest BCUT2D eigenvalue weighted by Gasteiger charge is -2.08. The molecule has 0 aliphatic carbocycles. The molecule has 3 aromatic heterocycles. The van der Waals surface area contributed by atoms with E-state index in [0.29, 0.717) is 16.8 Å². The van der Waals surface area contributed by atoms with E-state index in [0.717, 1.165) is 22.1 Å². The standard InChI is InChI=1S/C23H14N4O/c24-14-18-13-22(27-20-4-2-1-3-16(20)7-10-21(18)27)23(28)17-5-8-19(9-6-17)26-12-11-25-15-26/h1-13,15H. The molecule has 5 heteroatoms. The number of aromatic nitrogens is 3. The van der Waals surface area contributed by atoms with Crippen molar-refractivity contribution in [2.24, 2.45) is 0 Å². The van der Waals surface area contributed by atoms with Crippen molar-refractivity contribution in [3.63, 3.8) is 0 Å². The monoisotopic (exact) mass is 362 g/mol. The van der Waals surface area contributed by atoms with E-state index in [1.165, 1.54) is 0 Å². The van der Waals surface area contributed by atoms with Gasteiger partial charge in [0.25, 0.3) is 0 Å². The van der Waals surface area contributed by atoms with Gasteiger partial charge in [-0.2, -0.15) is 5.26 Å². The predicted molar refractivity (Wildman–Crippen MR) is 107 cm³/mol. The fourth-order valence-corrected chi connectivity index (χ4v) is 3.55. The Kier molecular flexibility index (Phi) is 3.56. The first-order chi connectivity index (χ1) is 13.8. The number of para-hydroxylation sites is 1. The van der Waals surface area contributed by atoms with Crippen LogP contribution in [-0.2, 0) is 0 Å². The van der Waals surface area contributed by atoms with Crippen molar-refractivity contribution in [2.45, 2.75) is 0 Å². The molecule has 5 rings (SSSR count). The molecule has 0 saturated carbocycles. The lowest BCUT2D eigenvalue weighted by atomic mass is 10.1. The third kappa shape index (κ3) is 2.40. The van der Waals surface area contributed by atoms with Gasteiger partial charge in [0.1, 0.15) is 6.07 Å². The van der Waals surface area contributed by atoms with Crippen molar-refractivity contribution in [1.29, 1.82) is 5.26 Å². The summed E-state index contributed by atoms with van der Waals surface area (Å²) in [5.74, 6) is -0.120. The number of ketones is 1. The van der Waals surface area contributed by atoms with Crippen LogP contribution in [0, 0.1) is 11.3 Å². The number of nitrogens with zero attached hydrogens (tertiary/aromatic N) is 4. The quantitative estimate of drug-likeness (QED) is 0.447. The van der Waals surface area contributed by atoms with E-state index in [1.807, 2.05) is 63.7 Å². The number of hydrogen-bond donors (Lipinski definition) is 0. The molecule has 0 aliphatic heterocycles. The summed E-state index contributed by atoms with van der Waals surface area (Å²) in [7, 11) is 0. The number of benzene rings is 2. The second kappa shape index (κ2) is 6.22. The maximum atomic E-state index is 13.3. The van der Waals surface area contributed by atoms with Crippen molar-refractivity contribution in [3.05, 3.63) is 102 Å². The van der Waals surface area contributed by atoms with Gasteiger partial charge in [-0.05, 0) is 47.9 Å². The lowest BCUT2D eigenvalue weighted by Crippen LogP contribution is -2.06. The van der Waals surface area contributed by atoms with Crippen LogP contribution in [-0.4, -0.2) is 19.7 Å². The van der Waals surface area contributed by atoms with Crippen LogP contribution in [0.3, 0.4) is 0 Å². The van der Waals surface area contributed by atoms with Crippen LogP contribution in [0.15, 0.2) is 85.5 Å². The molecule has 0 N–H and O–H groups in total. The van der Waals surface area contributed by atoms with Crippen LogP contribution in [0.2, 0.25) is 0 Å². The number of carbonyl (C=O) groups excluding carboxylic acids is 1. The van der Waals surface area contributed by atoms with E-state index in [9.17, 15) is 10.1 Å². The maximum absolute atomic E-state index is 13.3. The van der Waals surface area contributed by atoms with Gasteiger partial charge < -0.3 is 8.97 Å². The van der Waals surface area contributed by atoms with Gasteiger partial charge in [-0.25, -0.2) is 4.98 Å². The summed E-state index contributed by atoms with van der Waals surface area (Å²) in [4.78, 5) is 17.3. The molecule has 0 atom stereocenters. The minimum absolute atomic E-state index is 0.120. The Hall–Kier alpha value is -4.17. The van der Waals surface area contributed by atoms with Crippen LogP contribution >= 0.6 is 0 Å². The maximum Gasteiger partial charge on any atom is 0.209 e. The highest BCUT2D eigenvalue weighted by Crippen LogP contribution is 2.25. The third-order valence-electron chi connectivity index (χ3n) is 4.92. The number of imidazole rings is 1. The third-order valence-corrected chi connectivity index (χ3v) is 4.92. The van der Waals surface area contributed by atoms with Gasteiger partial charge in [0.15, 0.2) is 0 Å². The van der Waals surface area contributed by atoms with Gasteiger partial charge in [0.05, 0.1) is 28.6 Å². The van der Waals surface area contributed by atoms with Crippen LogP contribution in [0.1, 0.15) is 21.6 Å². The van der Waals surface area contributed by atoms with Gasteiger partial charge in [-0.15, -0.1) is 0 Å². The van der Waals surface area contributed by atoms with Crippen LogP contribution in [0.5, 0.6) is 0 Å². The van der Waals surface area contributed by atoms with Crippen molar-refractivity contribution >= 4 is 22.2 Å². The summed E-state index contributed by atoms with van der Waals surface area (Å²) < 4.78 is 3.75. The smallest absolute Gasteiger partial charge is 0.209 e. The summed E-state index contributed by atoms with van der Waals surface area (Å²) in [5, 5.41) is 10.5. The highest BCUT2D eigenvalue weighted by Gasteiger charge is 2.18. The number of fused-ring (bicyclic) bond motifs is 3. The molecule has 0 radical (unpaired) electrons. The molecule has 3 heterocycles. The zero-order valence-electron chi connectivity index (χ0n) is 14.8. The minimum Gasteiger partial charge on any atom is -0.306 e. The molecule has 5 nitrogen and oxygen atoms in total. The Balaban J connectivity index is 1.67. The molecule has 0 spiro atoms. The first kappa shape index (κ1) is 16.0. The van der Waals surface area contributed by atoms with Gasteiger partial charge in [0.2, 0.25) is 5.78 Å². The van der Waals surface area contributed by atoms with E-state index < -0.39 is 0 Å².